The van der Waals surface area contributed by atoms with E-state index in [1.807, 2.05) is 6.92 Å². The van der Waals surface area contributed by atoms with Crippen LogP contribution in [0.2, 0.25) is 5.02 Å². The number of nitrogens with one attached hydrogen (secondary N) is 1. The second-order valence-corrected chi connectivity index (χ2v) is 8.91. The Morgan fingerprint density at radius 1 is 1.12 bits per heavy atom. The Labute approximate surface area is 199 Å². The molecule has 10 heteroatoms. The van der Waals surface area contributed by atoms with Crippen molar-refractivity contribution in [1.29, 1.82) is 0 Å². The number of hydrogen-bond donors (Lipinski definition) is 1. The van der Waals surface area contributed by atoms with Gasteiger partial charge in [0.15, 0.2) is 5.41 Å². The Kier molecular flexibility index (Phi) is 5.16. The van der Waals surface area contributed by atoms with Crippen LogP contribution >= 0.6 is 11.6 Å². The van der Waals surface area contributed by atoms with Gasteiger partial charge < -0.3 is 4.90 Å². The van der Waals surface area contributed by atoms with Crippen LogP contribution in [-0.4, -0.2) is 44.7 Å². The van der Waals surface area contributed by atoms with E-state index in [9.17, 15) is 19.2 Å². The number of fused-ring (bicyclic) bond motifs is 2. The number of nitrogens with zero attached hydrogens (tertiary/aromatic N) is 4. The van der Waals surface area contributed by atoms with Crippen LogP contribution in [0.1, 0.15) is 25.0 Å². The van der Waals surface area contributed by atoms with E-state index in [0.29, 0.717) is 28.6 Å². The van der Waals surface area contributed by atoms with Crippen LogP contribution in [0.25, 0.3) is 5.65 Å². The van der Waals surface area contributed by atoms with Crippen molar-refractivity contribution in [3.63, 3.8) is 0 Å². The summed E-state index contributed by atoms with van der Waals surface area (Å²) in [5.74, 6) is -0.922. The lowest BCUT2D eigenvalue weighted by atomic mass is 9.69. The third-order valence-electron chi connectivity index (χ3n) is 6.84. The standard InChI is InChI=1S/C24H22ClN5O4/c1-3-28-14(2)24(12-16-19(28)26-18-10-6-7-11-29(18)20(16)31)21(32)27-23(34)30(22(24)33)13-15-8-4-5-9-17(15)25/h4-11,14H,3,12-13H2,1-2H3,(H,27,32,34)/t14-,24+/m0/s1. The van der Waals surface area contributed by atoms with Crippen molar-refractivity contribution in [2.45, 2.75) is 32.9 Å². The molecule has 34 heavy (non-hydrogen) atoms. The third-order valence-corrected chi connectivity index (χ3v) is 7.21. The van der Waals surface area contributed by atoms with Crippen molar-refractivity contribution in [3.05, 3.63) is 75.2 Å². The van der Waals surface area contributed by atoms with Crippen LogP contribution in [0.5, 0.6) is 0 Å². The Morgan fingerprint density at radius 2 is 1.85 bits per heavy atom. The molecule has 0 saturated carbocycles. The molecular weight excluding hydrogens is 458 g/mol. The van der Waals surface area contributed by atoms with Crippen molar-refractivity contribution in [1.82, 2.24) is 19.6 Å². The molecule has 9 nitrogen and oxygen atoms in total. The molecule has 0 radical (unpaired) electrons. The third kappa shape index (κ3) is 3.03. The minimum Gasteiger partial charge on any atom is -0.352 e. The van der Waals surface area contributed by atoms with Crippen LogP contribution in [0.3, 0.4) is 0 Å². The number of pyridine rings is 1. The van der Waals surface area contributed by atoms with Crippen molar-refractivity contribution >= 4 is 40.9 Å². The lowest BCUT2D eigenvalue weighted by Gasteiger charge is -2.49. The summed E-state index contributed by atoms with van der Waals surface area (Å²) in [5.41, 5.74) is -0.717. The zero-order chi connectivity index (χ0) is 24.2. The number of barbiturate groups is 1. The van der Waals surface area contributed by atoms with E-state index in [0.717, 1.165) is 4.90 Å². The molecule has 4 amide bonds. The maximum atomic E-state index is 13.9. The highest BCUT2D eigenvalue weighted by atomic mass is 35.5. The molecule has 0 aliphatic carbocycles. The van der Waals surface area contributed by atoms with Crippen molar-refractivity contribution in [3.8, 4) is 0 Å². The number of carbonyl (C=O) groups is 3. The molecule has 2 aliphatic heterocycles. The minimum absolute atomic E-state index is 0.0972. The van der Waals surface area contributed by atoms with Gasteiger partial charge in [-0.3, -0.25) is 29.0 Å². The summed E-state index contributed by atoms with van der Waals surface area (Å²) >= 11 is 6.27. The topological polar surface area (TPSA) is 104 Å². The Morgan fingerprint density at radius 3 is 2.59 bits per heavy atom. The van der Waals surface area contributed by atoms with Gasteiger partial charge in [-0.05, 0) is 37.6 Å². The van der Waals surface area contributed by atoms with Crippen LogP contribution in [-0.2, 0) is 22.6 Å². The highest BCUT2D eigenvalue weighted by Gasteiger charge is 2.61. The molecule has 174 valence electrons. The number of imide groups is 2. The van der Waals surface area contributed by atoms with Crippen molar-refractivity contribution < 1.29 is 14.4 Å². The Balaban J connectivity index is 1.66. The molecule has 2 aromatic heterocycles. The maximum absolute atomic E-state index is 13.9. The summed E-state index contributed by atoms with van der Waals surface area (Å²) in [4.78, 5) is 60.9. The summed E-state index contributed by atoms with van der Waals surface area (Å²) in [5, 5.41) is 2.75. The van der Waals surface area contributed by atoms with E-state index in [2.05, 4.69) is 10.3 Å². The molecule has 2 aliphatic rings. The van der Waals surface area contributed by atoms with Gasteiger partial charge in [0.2, 0.25) is 11.8 Å². The lowest BCUT2D eigenvalue weighted by Crippen LogP contribution is -2.71. The second-order valence-electron chi connectivity index (χ2n) is 8.50. The summed E-state index contributed by atoms with van der Waals surface area (Å²) in [6.45, 7) is 3.93. The number of carbonyl (C=O) groups excluding carboxylic acids is 3. The minimum atomic E-state index is -1.68. The largest absolute Gasteiger partial charge is 0.352 e. The first-order valence-corrected chi connectivity index (χ1v) is 11.3. The first-order chi connectivity index (χ1) is 16.3. The van der Waals surface area contributed by atoms with E-state index in [4.69, 9.17) is 11.6 Å². The molecule has 5 rings (SSSR count). The summed E-state index contributed by atoms with van der Waals surface area (Å²) in [7, 11) is 0. The summed E-state index contributed by atoms with van der Waals surface area (Å²) in [6, 6.07) is 10.6. The fraction of sp³-hybridized carbons (Fsp3) is 0.292. The normalized spacial score (nSPS) is 22.3. The molecule has 2 atom stereocenters. The summed E-state index contributed by atoms with van der Waals surface area (Å²) in [6.07, 6.45) is 1.43. The average Bonchev–Trinajstić information content (AvgIpc) is 2.82. The quantitative estimate of drug-likeness (QED) is 0.578. The van der Waals surface area contributed by atoms with Crippen LogP contribution in [0.15, 0.2) is 53.5 Å². The van der Waals surface area contributed by atoms with Gasteiger partial charge in [0.25, 0.3) is 5.56 Å². The molecule has 0 bridgehead atoms. The highest BCUT2D eigenvalue weighted by Crippen LogP contribution is 2.43. The molecule has 1 aromatic carbocycles. The molecular formula is C24H22ClN5O4. The first-order valence-electron chi connectivity index (χ1n) is 11.0. The van der Waals surface area contributed by atoms with Crippen LogP contribution in [0.4, 0.5) is 10.6 Å². The van der Waals surface area contributed by atoms with Gasteiger partial charge in [-0.15, -0.1) is 0 Å². The van der Waals surface area contributed by atoms with Gasteiger partial charge in [-0.1, -0.05) is 35.9 Å². The number of hydrogen-bond acceptors (Lipinski definition) is 6. The van der Waals surface area contributed by atoms with E-state index in [1.54, 1.807) is 60.5 Å². The van der Waals surface area contributed by atoms with Crippen LogP contribution in [0, 0.1) is 5.41 Å². The monoisotopic (exact) mass is 479 g/mol. The number of benzene rings is 1. The lowest BCUT2D eigenvalue weighted by molar-refractivity contribution is -0.153. The van der Waals surface area contributed by atoms with E-state index in [-0.39, 0.29) is 24.1 Å². The predicted octanol–water partition coefficient (Wildman–Crippen LogP) is 2.38. The summed E-state index contributed by atoms with van der Waals surface area (Å²) < 4.78 is 1.40. The van der Waals surface area contributed by atoms with Crippen LogP contribution < -0.4 is 15.8 Å². The number of amides is 4. The number of halogens is 1. The first kappa shape index (κ1) is 22.1. The molecule has 1 saturated heterocycles. The van der Waals surface area contributed by atoms with Crippen molar-refractivity contribution in [2.75, 3.05) is 11.4 Å². The number of aromatic nitrogens is 2. The van der Waals surface area contributed by atoms with Gasteiger partial charge in [0, 0.05) is 24.2 Å². The molecule has 1 spiro atoms. The SMILES string of the molecule is CCN1c2nc3ccccn3c(=O)c2C[C@]2(C(=O)NC(=O)N(Cc3ccccc3Cl)C2=O)[C@@H]1C. The van der Waals surface area contributed by atoms with Gasteiger partial charge in [0.05, 0.1) is 18.2 Å². The fourth-order valence-electron chi connectivity index (χ4n) is 4.98. The van der Waals surface area contributed by atoms with Gasteiger partial charge >= 0.3 is 6.03 Å². The molecule has 1 N–H and O–H groups in total. The number of rotatable bonds is 3. The Hall–Kier alpha value is -3.72. The number of urea groups is 1. The predicted molar refractivity (Wildman–Crippen MR) is 126 cm³/mol. The van der Waals surface area contributed by atoms with Crippen molar-refractivity contribution in [2.24, 2.45) is 5.41 Å². The van der Waals surface area contributed by atoms with E-state index in [1.165, 1.54) is 4.40 Å². The average molecular weight is 480 g/mol. The van der Waals surface area contributed by atoms with E-state index >= 15 is 0 Å². The second kappa shape index (κ2) is 7.95. The zero-order valence-corrected chi connectivity index (χ0v) is 19.4. The zero-order valence-electron chi connectivity index (χ0n) is 18.6. The molecule has 0 unspecified atom stereocenters. The maximum Gasteiger partial charge on any atom is 0.331 e. The molecule has 4 heterocycles. The smallest absolute Gasteiger partial charge is 0.331 e. The fourth-order valence-corrected chi connectivity index (χ4v) is 5.17. The van der Waals surface area contributed by atoms with Gasteiger partial charge in [0.1, 0.15) is 11.5 Å². The highest BCUT2D eigenvalue weighted by molar-refractivity contribution is 6.31. The Bertz CT molecular complexity index is 1420. The number of anilines is 1. The molecule has 1 fully saturated rings. The molecule has 3 aromatic rings. The van der Waals surface area contributed by atoms with Gasteiger partial charge in [-0.2, -0.15) is 0 Å². The van der Waals surface area contributed by atoms with Gasteiger partial charge in [-0.25, -0.2) is 9.78 Å². The van der Waals surface area contributed by atoms with E-state index < -0.39 is 29.3 Å².